The molecule has 1 nitrogen and oxygen atoms in total. The monoisotopic (exact) mass is 137 g/mol. The Morgan fingerprint density at radius 3 is 2.70 bits per heavy atom. The lowest BCUT2D eigenvalue weighted by Gasteiger charge is -1.99. The number of hydrogen-bond donors (Lipinski definition) is 0. The van der Waals surface area contributed by atoms with Gasteiger partial charge in [0, 0.05) is 0 Å². The summed E-state index contributed by atoms with van der Waals surface area (Å²) in [7, 11) is 0. The fourth-order valence-corrected chi connectivity index (χ4v) is 0.849. The maximum Gasteiger partial charge on any atom is 0.0697 e. The van der Waals surface area contributed by atoms with E-state index < -0.39 is 0 Å². The minimum atomic E-state index is 0.0755. The van der Waals surface area contributed by atoms with Crippen LogP contribution in [0.15, 0.2) is 12.7 Å². The summed E-state index contributed by atoms with van der Waals surface area (Å²) < 4.78 is 0. The van der Waals surface area contributed by atoms with Crippen LogP contribution < -0.4 is 0 Å². The molecule has 0 aromatic rings. The van der Waals surface area contributed by atoms with Gasteiger partial charge in [-0.15, -0.1) is 6.58 Å². The van der Waals surface area contributed by atoms with Gasteiger partial charge < -0.3 is 0 Å². The first kappa shape index (κ1) is 9.23. The molecule has 0 aliphatic heterocycles. The SMILES string of the molecule is C=CC(C#N)CCCCC. The molecular weight excluding hydrogens is 122 g/mol. The number of rotatable bonds is 5. The van der Waals surface area contributed by atoms with E-state index >= 15 is 0 Å². The van der Waals surface area contributed by atoms with Gasteiger partial charge in [0.15, 0.2) is 0 Å². The fraction of sp³-hybridized carbons (Fsp3) is 0.667. The molecule has 56 valence electrons. The normalized spacial score (nSPS) is 12.0. The highest BCUT2D eigenvalue weighted by Gasteiger charge is 1.99. The quantitative estimate of drug-likeness (QED) is 0.422. The largest absolute Gasteiger partial charge is 0.198 e. The van der Waals surface area contributed by atoms with Crippen LogP contribution in [0.1, 0.15) is 32.6 Å². The Labute approximate surface area is 63.4 Å². The van der Waals surface area contributed by atoms with Crippen LogP contribution in [0.4, 0.5) is 0 Å². The molecule has 0 spiro atoms. The van der Waals surface area contributed by atoms with Crippen molar-refractivity contribution in [2.24, 2.45) is 5.92 Å². The summed E-state index contributed by atoms with van der Waals surface area (Å²) in [6.45, 7) is 5.75. The maximum atomic E-state index is 8.50. The molecule has 0 amide bonds. The number of hydrogen-bond acceptors (Lipinski definition) is 1. The lowest BCUT2D eigenvalue weighted by Crippen LogP contribution is -1.90. The Morgan fingerprint density at radius 1 is 1.60 bits per heavy atom. The van der Waals surface area contributed by atoms with E-state index in [0.717, 1.165) is 12.8 Å². The molecule has 0 saturated carbocycles. The highest BCUT2D eigenvalue weighted by molar-refractivity contribution is 4.94. The van der Waals surface area contributed by atoms with E-state index in [4.69, 9.17) is 5.26 Å². The highest BCUT2D eigenvalue weighted by atomic mass is 14.3. The minimum Gasteiger partial charge on any atom is -0.198 e. The van der Waals surface area contributed by atoms with Gasteiger partial charge in [-0.2, -0.15) is 5.26 Å². The van der Waals surface area contributed by atoms with Crippen molar-refractivity contribution in [3.05, 3.63) is 12.7 Å². The molecule has 0 saturated heterocycles. The summed E-state index contributed by atoms with van der Waals surface area (Å²) >= 11 is 0. The van der Waals surface area contributed by atoms with Crippen LogP contribution in [0.25, 0.3) is 0 Å². The first-order chi connectivity index (χ1) is 4.85. The summed E-state index contributed by atoms with van der Waals surface area (Å²) in [4.78, 5) is 0. The second-order valence-electron chi connectivity index (χ2n) is 2.47. The Kier molecular flexibility index (Phi) is 5.86. The van der Waals surface area contributed by atoms with Gasteiger partial charge in [-0.05, 0) is 6.42 Å². The Balaban J connectivity index is 3.28. The van der Waals surface area contributed by atoms with Crippen molar-refractivity contribution in [1.82, 2.24) is 0 Å². The van der Waals surface area contributed by atoms with E-state index in [9.17, 15) is 0 Å². The molecule has 0 rings (SSSR count). The van der Waals surface area contributed by atoms with E-state index in [1.165, 1.54) is 12.8 Å². The summed E-state index contributed by atoms with van der Waals surface area (Å²) in [5, 5.41) is 8.50. The van der Waals surface area contributed by atoms with Crippen molar-refractivity contribution < 1.29 is 0 Å². The average Bonchev–Trinajstić information content (AvgIpc) is 1.99. The lowest BCUT2D eigenvalue weighted by atomic mass is 10.0. The number of unbranched alkanes of at least 4 members (excludes halogenated alkanes) is 2. The highest BCUT2D eigenvalue weighted by Crippen LogP contribution is 2.08. The van der Waals surface area contributed by atoms with Crippen molar-refractivity contribution in [1.29, 1.82) is 5.26 Å². The van der Waals surface area contributed by atoms with E-state index in [-0.39, 0.29) is 5.92 Å². The van der Waals surface area contributed by atoms with E-state index in [2.05, 4.69) is 19.6 Å². The van der Waals surface area contributed by atoms with Gasteiger partial charge in [-0.3, -0.25) is 0 Å². The number of nitriles is 1. The van der Waals surface area contributed by atoms with Crippen LogP contribution >= 0.6 is 0 Å². The Morgan fingerprint density at radius 2 is 2.30 bits per heavy atom. The van der Waals surface area contributed by atoms with Gasteiger partial charge in [0.2, 0.25) is 0 Å². The summed E-state index contributed by atoms with van der Waals surface area (Å²) in [6, 6.07) is 2.19. The molecule has 0 fully saturated rings. The standard InChI is InChI=1S/C9H15N/c1-3-5-6-7-9(4-2)8-10/h4,9H,2-3,5-7H2,1H3. The van der Waals surface area contributed by atoms with Crippen LogP contribution in [0.2, 0.25) is 0 Å². The third-order valence-corrected chi connectivity index (χ3v) is 1.57. The van der Waals surface area contributed by atoms with E-state index in [0.29, 0.717) is 0 Å². The molecule has 0 aliphatic carbocycles. The number of nitrogens with zero attached hydrogens (tertiary/aromatic N) is 1. The predicted octanol–water partition coefficient (Wildman–Crippen LogP) is 2.89. The zero-order valence-corrected chi connectivity index (χ0v) is 6.64. The lowest BCUT2D eigenvalue weighted by molar-refractivity contribution is 0.618. The van der Waals surface area contributed by atoms with Crippen LogP contribution in [0, 0.1) is 17.2 Å². The summed E-state index contributed by atoms with van der Waals surface area (Å²) in [5.41, 5.74) is 0. The fourth-order valence-electron chi connectivity index (χ4n) is 0.849. The maximum absolute atomic E-state index is 8.50. The number of allylic oxidation sites excluding steroid dienone is 1. The van der Waals surface area contributed by atoms with Gasteiger partial charge in [0.25, 0.3) is 0 Å². The third kappa shape index (κ3) is 4.14. The van der Waals surface area contributed by atoms with Gasteiger partial charge >= 0.3 is 0 Å². The first-order valence-electron chi connectivity index (χ1n) is 3.87. The van der Waals surface area contributed by atoms with Crippen molar-refractivity contribution in [3.8, 4) is 6.07 Å². The van der Waals surface area contributed by atoms with Gasteiger partial charge in [0.1, 0.15) is 0 Å². The van der Waals surface area contributed by atoms with Crippen molar-refractivity contribution in [2.45, 2.75) is 32.6 Å². The van der Waals surface area contributed by atoms with Crippen molar-refractivity contribution >= 4 is 0 Å². The molecule has 0 bridgehead atoms. The summed E-state index contributed by atoms with van der Waals surface area (Å²) in [5.74, 6) is 0.0755. The Hall–Kier alpha value is -0.770. The molecule has 0 heterocycles. The first-order valence-corrected chi connectivity index (χ1v) is 3.87. The van der Waals surface area contributed by atoms with Crippen molar-refractivity contribution in [2.75, 3.05) is 0 Å². The second kappa shape index (κ2) is 6.35. The zero-order chi connectivity index (χ0) is 7.82. The van der Waals surface area contributed by atoms with Gasteiger partial charge in [0.05, 0.1) is 12.0 Å². The third-order valence-electron chi connectivity index (χ3n) is 1.57. The van der Waals surface area contributed by atoms with E-state index in [1.54, 1.807) is 6.08 Å². The molecule has 0 aliphatic rings. The molecule has 0 aromatic carbocycles. The topological polar surface area (TPSA) is 23.8 Å². The van der Waals surface area contributed by atoms with Crippen molar-refractivity contribution in [3.63, 3.8) is 0 Å². The summed E-state index contributed by atoms with van der Waals surface area (Å²) in [6.07, 6.45) is 6.31. The molecular formula is C9H15N. The van der Waals surface area contributed by atoms with Crippen LogP contribution in [-0.4, -0.2) is 0 Å². The van der Waals surface area contributed by atoms with Gasteiger partial charge in [-0.1, -0.05) is 32.3 Å². The molecule has 1 heteroatoms. The van der Waals surface area contributed by atoms with Crippen LogP contribution in [-0.2, 0) is 0 Å². The molecule has 1 atom stereocenters. The van der Waals surface area contributed by atoms with E-state index in [1.807, 2.05) is 0 Å². The molecule has 0 radical (unpaired) electrons. The molecule has 10 heavy (non-hydrogen) atoms. The average molecular weight is 137 g/mol. The molecule has 0 aromatic heterocycles. The second-order valence-corrected chi connectivity index (χ2v) is 2.47. The van der Waals surface area contributed by atoms with Crippen LogP contribution in [0.3, 0.4) is 0 Å². The molecule has 1 unspecified atom stereocenters. The Bertz CT molecular complexity index is 121. The van der Waals surface area contributed by atoms with Gasteiger partial charge in [-0.25, -0.2) is 0 Å². The smallest absolute Gasteiger partial charge is 0.0697 e. The van der Waals surface area contributed by atoms with Crippen LogP contribution in [0.5, 0.6) is 0 Å². The minimum absolute atomic E-state index is 0.0755. The zero-order valence-electron chi connectivity index (χ0n) is 6.64. The predicted molar refractivity (Wildman–Crippen MR) is 43.4 cm³/mol. The molecule has 0 N–H and O–H groups in total.